The zero-order valence-electron chi connectivity index (χ0n) is 13.0. The second-order valence-corrected chi connectivity index (χ2v) is 4.87. The number of carbonyl (C=O) groups is 3. The maximum atomic E-state index is 12.2. The lowest BCUT2D eigenvalue weighted by Gasteiger charge is -2.10. The second-order valence-electron chi connectivity index (χ2n) is 4.87. The molecule has 0 saturated carbocycles. The molecule has 0 aliphatic carbocycles. The molecule has 0 aliphatic heterocycles. The molecule has 0 radical (unpaired) electrons. The van der Waals surface area contributed by atoms with E-state index < -0.39 is 36.2 Å². The largest absolute Gasteiger partial charge is 0.453 e. The Morgan fingerprint density at radius 2 is 2.04 bits per heavy atom. The van der Waals surface area contributed by atoms with Gasteiger partial charge in [-0.05, 0) is 24.0 Å². The molecule has 1 aromatic carbocycles. The van der Waals surface area contributed by atoms with Crippen LogP contribution in [0, 0.1) is 5.21 Å². The van der Waals surface area contributed by atoms with E-state index in [1.54, 1.807) is 6.07 Å². The summed E-state index contributed by atoms with van der Waals surface area (Å²) in [5.41, 5.74) is 9.53. The maximum Gasteiger partial charge on any atom is 0.342 e. The van der Waals surface area contributed by atoms with Gasteiger partial charge in [0.15, 0.2) is 6.61 Å². The van der Waals surface area contributed by atoms with E-state index in [1.165, 1.54) is 25.1 Å². The monoisotopic (exact) mass is 350 g/mol. The van der Waals surface area contributed by atoms with Gasteiger partial charge in [-0.15, -0.1) is 0 Å². The number of aromatic nitrogens is 2. The van der Waals surface area contributed by atoms with Crippen LogP contribution in [0.5, 0.6) is 5.75 Å². The highest BCUT2D eigenvalue weighted by Gasteiger charge is 2.26. The minimum absolute atomic E-state index is 0.0519. The molecule has 4 N–H and O–H groups in total. The number of ether oxygens (including phenoxy) is 2. The summed E-state index contributed by atoms with van der Waals surface area (Å²) in [5.74, 6) is -2.76. The fourth-order valence-corrected chi connectivity index (χ4v) is 1.74. The van der Waals surface area contributed by atoms with Crippen molar-refractivity contribution in [3.05, 3.63) is 46.4 Å². The van der Waals surface area contributed by atoms with E-state index in [2.05, 4.69) is 9.79 Å². The number of esters is 2. The quantitative estimate of drug-likeness (QED) is 0.376. The van der Waals surface area contributed by atoms with Gasteiger partial charge in [0, 0.05) is 5.16 Å². The number of nitrogens with two attached hydrogens (primary N) is 2. The summed E-state index contributed by atoms with van der Waals surface area (Å²) in [6.07, 6.45) is 0. The third kappa shape index (κ3) is 4.09. The molecule has 0 saturated heterocycles. The Morgan fingerprint density at radius 3 is 2.68 bits per heavy atom. The second kappa shape index (κ2) is 7.40. The number of hydrogen-bond donors (Lipinski definition) is 2. The first-order valence-electron chi connectivity index (χ1n) is 6.93. The Kier molecular flexibility index (Phi) is 5.29. The highest BCUT2D eigenvalue weighted by molar-refractivity contribution is 5.94. The van der Waals surface area contributed by atoms with Gasteiger partial charge in [0.1, 0.15) is 17.4 Å². The van der Waals surface area contributed by atoms with Crippen LogP contribution in [0.2, 0.25) is 0 Å². The molecule has 0 fully saturated rings. The van der Waals surface area contributed by atoms with Gasteiger partial charge >= 0.3 is 11.9 Å². The Balaban J connectivity index is 2.14. The SMILES string of the molecule is CC(N)C(=O)Oc1ccccc1C(=O)OCc1no[n+]([O-])c1C(N)=O. The first-order valence-corrected chi connectivity index (χ1v) is 6.93. The molecule has 0 spiro atoms. The minimum atomic E-state index is -1.09. The van der Waals surface area contributed by atoms with Gasteiger partial charge < -0.3 is 26.1 Å². The highest BCUT2D eigenvalue weighted by Crippen LogP contribution is 2.20. The predicted molar refractivity (Wildman–Crippen MR) is 78.8 cm³/mol. The standard InChI is InChI=1S/C14H14N4O7/c1-7(15)13(20)24-10-5-3-2-4-8(10)14(21)23-6-9-11(12(16)19)18(22)25-17-9/h2-5,7H,6,15H2,1H3,(H2,16,19). The highest BCUT2D eigenvalue weighted by atomic mass is 16.8. The van der Waals surface area contributed by atoms with Crippen LogP contribution < -0.4 is 21.1 Å². The third-order valence-corrected chi connectivity index (χ3v) is 2.94. The maximum absolute atomic E-state index is 12.2. The van der Waals surface area contributed by atoms with Crippen molar-refractivity contribution in [3.8, 4) is 5.75 Å². The van der Waals surface area contributed by atoms with Crippen LogP contribution in [0.1, 0.15) is 33.5 Å². The first kappa shape index (κ1) is 17.9. The number of hydrogen-bond acceptors (Lipinski definition) is 9. The van der Waals surface area contributed by atoms with Crippen molar-refractivity contribution in [1.29, 1.82) is 0 Å². The summed E-state index contributed by atoms with van der Waals surface area (Å²) in [6.45, 7) is 0.878. The van der Waals surface area contributed by atoms with E-state index in [9.17, 15) is 19.6 Å². The van der Waals surface area contributed by atoms with Crippen molar-refractivity contribution in [2.45, 2.75) is 19.6 Å². The van der Waals surface area contributed by atoms with Crippen molar-refractivity contribution in [2.24, 2.45) is 11.5 Å². The number of primary amides is 1. The summed E-state index contributed by atoms with van der Waals surface area (Å²) < 4.78 is 14.2. The summed E-state index contributed by atoms with van der Waals surface area (Å²) in [7, 11) is 0. The van der Waals surface area contributed by atoms with E-state index in [0.29, 0.717) is 0 Å². The topological polar surface area (TPSA) is 175 Å². The van der Waals surface area contributed by atoms with Crippen LogP contribution in [0.3, 0.4) is 0 Å². The van der Waals surface area contributed by atoms with Crippen molar-refractivity contribution in [1.82, 2.24) is 5.16 Å². The summed E-state index contributed by atoms with van der Waals surface area (Å²) in [5, 5.41) is 14.5. The molecule has 132 valence electrons. The van der Waals surface area contributed by atoms with Gasteiger partial charge in [-0.1, -0.05) is 12.1 Å². The number of carbonyl (C=O) groups excluding carboxylic acids is 3. The molecular weight excluding hydrogens is 336 g/mol. The van der Waals surface area contributed by atoms with E-state index in [0.717, 1.165) is 0 Å². The van der Waals surface area contributed by atoms with Gasteiger partial charge in [-0.3, -0.25) is 9.42 Å². The number of rotatable bonds is 6. The molecule has 1 amide bonds. The van der Waals surface area contributed by atoms with Gasteiger partial charge in [0.2, 0.25) is 0 Å². The molecule has 1 heterocycles. The van der Waals surface area contributed by atoms with Crippen LogP contribution in [-0.2, 0) is 16.1 Å². The van der Waals surface area contributed by atoms with Gasteiger partial charge in [0.25, 0.3) is 17.3 Å². The van der Waals surface area contributed by atoms with Crippen LogP contribution in [-0.4, -0.2) is 29.0 Å². The minimum Gasteiger partial charge on any atom is -0.453 e. The lowest BCUT2D eigenvalue weighted by molar-refractivity contribution is -0.803. The summed E-state index contributed by atoms with van der Waals surface area (Å²) in [6, 6.07) is 4.93. The van der Waals surface area contributed by atoms with E-state index in [-0.39, 0.29) is 21.9 Å². The van der Waals surface area contributed by atoms with Crippen LogP contribution >= 0.6 is 0 Å². The van der Waals surface area contributed by atoms with Crippen molar-refractivity contribution in [3.63, 3.8) is 0 Å². The molecule has 11 heteroatoms. The lowest BCUT2D eigenvalue weighted by Crippen LogP contribution is -2.35. The number of nitrogens with zero attached hydrogens (tertiary/aromatic N) is 2. The average molecular weight is 350 g/mol. The van der Waals surface area contributed by atoms with Gasteiger partial charge in [0.05, 0.1) is 0 Å². The Hall–Kier alpha value is -3.47. The molecular formula is C14H14N4O7. The zero-order chi connectivity index (χ0) is 18.6. The smallest absolute Gasteiger partial charge is 0.342 e. The summed E-state index contributed by atoms with van der Waals surface area (Å²) in [4.78, 5) is 34.7. The molecule has 1 aromatic heterocycles. The molecule has 2 aromatic rings. The Morgan fingerprint density at radius 1 is 1.36 bits per heavy atom. The van der Waals surface area contributed by atoms with Crippen molar-refractivity contribution in [2.75, 3.05) is 0 Å². The Bertz CT molecular complexity index is 815. The normalized spacial score (nSPS) is 11.6. The molecule has 11 nitrogen and oxygen atoms in total. The summed E-state index contributed by atoms with van der Waals surface area (Å²) >= 11 is 0. The zero-order valence-corrected chi connectivity index (χ0v) is 13.0. The molecule has 1 atom stereocenters. The molecule has 25 heavy (non-hydrogen) atoms. The number of amides is 1. The van der Waals surface area contributed by atoms with Gasteiger partial charge in [-0.2, -0.15) is 0 Å². The van der Waals surface area contributed by atoms with Crippen molar-refractivity contribution < 1.29 is 33.4 Å². The Labute approximate surface area is 140 Å². The third-order valence-electron chi connectivity index (χ3n) is 2.94. The predicted octanol–water partition coefficient (Wildman–Crippen LogP) is -0.983. The van der Waals surface area contributed by atoms with E-state index >= 15 is 0 Å². The number of para-hydroxylation sites is 1. The van der Waals surface area contributed by atoms with Crippen LogP contribution in [0.15, 0.2) is 28.9 Å². The molecule has 2 rings (SSSR count). The first-order chi connectivity index (χ1) is 11.8. The van der Waals surface area contributed by atoms with Crippen molar-refractivity contribution >= 4 is 17.8 Å². The molecule has 1 unspecified atom stereocenters. The lowest BCUT2D eigenvalue weighted by atomic mass is 10.2. The van der Waals surface area contributed by atoms with Crippen LogP contribution in [0.25, 0.3) is 0 Å². The fourth-order valence-electron chi connectivity index (χ4n) is 1.74. The van der Waals surface area contributed by atoms with E-state index in [4.69, 9.17) is 20.9 Å². The number of benzene rings is 1. The molecule has 0 aliphatic rings. The van der Waals surface area contributed by atoms with E-state index in [1.807, 2.05) is 0 Å². The van der Waals surface area contributed by atoms with Crippen LogP contribution in [0.4, 0.5) is 0 Å². The van der Waals surface area contributed by atoms with Gasteiger partial charge in [-0.25, -0.2) is 9.59 Å². The fraction of sp³-hybridized carbons (Fsp3) is 0.214. The molecule has 0 bridgehead atoms. The average Bonchev–Trinajstić information content (AvgIpc) is 2.93.